The highest BCUT2D eigenvalue weighted by molar-refractivity contribution is 5.67. The molecular formula is C23H21F3N6. The van der Waals surface area contributed by atoms with Crippen molar-refractivity contribution in [2.24, 2.45) is 0 Å². The number of pyridine rings is 1. The van der Waals surface area contributed by atoms with E-state index in [0.29, 0.717) is 17.5 Å². The van der Waals surface area contributed by atoms with Crippen LogP contribution in [-0.2, 0) is 6.18 Å². The Morgan fingerprint density at radius 3 is 2.50 bits per heavy atom. The van der Waals surface area contributed by atoms with E-state index in [-0.39, 0.29) is 11.3 Å². The monoisotopic (exact) mass is 438 g/mol. The molecule has 3 heterocycles. The van der Waals surface area contributed by atoms with E-state index >= 15 is 0 Å². The molecule has 0 atom stereocenters. The number of nitrogens with one attached hydrogen (secondary N) is 1. The highest BCUT2D eigenvalue weighted by Crippen LogP contribution is 2.36. The normalized spacial score (nSPS) is 15.2. The average Bonchev–Trinajstić information content (AvgIpc) is 3.21. The molecule has 6 nitrogen and oxygen atoms in total. The number of fused-ring (bicyclic) bond motifs is 1. The zero-order valence-corrected chi connectivity index (χ0v) is 17.2. The second kappa shape index (κ2) is 8.22. The Morgan fingerprint density at radius 1 is 0.969 bits per heavy atom. The molecule has 32 heavy (non-hydrogen) atoms. The number of nitrogens with zero attached hydrogens (tertiary/aromatic N) is 5. The Balaban J connectivity index is 1.39. The Hall–Kier alpha value is -3.49. The highest BCUT2D eigenvalue weighted by Gasteiger charge is 2.34. The van der Waals surface area contributed by atoms with E-state index in [1.807, 2.05) is 12.1 Å². The van der Waals surface area contributed by atoms with E-state index in [0.717, 1.165) is 11.8 Å². The van der Waals surface area contributed by atoms with Crippen LogP contribution in [0.3, 0.4) is 0 Å². The smallest absolute Gasteiger partial charge is 0.323 e. The van der Waals surface area contributed by atoms with Crippen molar-refractivity contribution in [3.63, 3.8) is 0 Å². The largest absolute Gasteiger partial charge is 0.418 e. The van der Waals surface area contributed by atoms with Gasteiger partial charge in [-0.25, -0.2) is 0 Å². The number of benzene rings is 1. The zero-order valence-electron chi connectivity index (χ0n) is 17.2. The van der Waals surface area contributed by atoms with Gasteiger partial charge in [-0.2, -0.15) is 22.8 Å². The topological polar surface area (TPSA) is 68.0 Å². The van der Waals surface area contributed by atoms with Crippen molar-refractivity contribution >= 4 is 17.3 Å². The Kier molecular flexibility index (Phi) is 5.24. The molecule has 1 aromatic carbocycles. The molecule has 5 rings (SSSR count). The minimum absolute atomic E-state index is 0.189. The van der Waals surface area contributed by atoms with Crippen LogP contribution < -0.4 is 5.32 Å². The minimum Gasteiger partial charge on any atom is -0.323 e. The van der Waals surface area contributed by atoms with Gasteiger partial charge in [0, 0.05) is 17.4 Å². The van der Waals surface area contributed by atoms with Crippen LogP contribution >= 0.6 is 0 Å². The first-order chi connectivity index (χ1) is 15.5. The van der Waals surface area contributed by atoms with Crippen LogP contribution in [0.5, 0.6) is 0 Å². The van der Waals surface area contributed by atoms with Crippen LogP contribution in [0.15, 0.2) is 54.9 Å². The molecule has 164 valence electrons. The van der Waals surface area contributed by atoms with Crippen LogP contribution in [0.2, 0.25) is 0 Å². The van der Waals surface area contributed by atoms with E-state index in [4.69, 9.17) is 0 Å². The maximum absolute atomic E-state index is 13.3. The van der Waals surface area contributed by atoms with Gasteiger partial charge in [0.1, 0.15) is 0 Å². The van der Waals surface area contributed by atoms with E-state index < -0.39 is 11.7 Å². The molecule has 1 saturated carbocycles. The molecule has 0 unspecified atom stereocenters. The Labute approximate surface area is 182 Å². The van der Waals surface area contributed by atoms with Crippen LogP contribution in [0, 0.1) is 0 Å². The van der Waals surface area contributed by atoms with Crippen molar-refractivity contribution in [2.45, 2.75) is 44.2 Å². The van der Waals surface area contributed by atoms with Gasteiger partial charge < -0.3 is 5.32 Å². The van der Waals surface area contributed by atoms with Crippen molar-refractivity contribution in [2.75, 3.05) is 5.32 Å². The summed E-state index contributed by atoms with van der Waals surface area (Å²) in [4.78, 5) is 3.91. The molecule has 1 fully saturated rings. The van der Waals surface area contributed by atoms with Gasteiger partial charge in [-0.1, -0.05) is 31.4 Å². The summed E-state index contributed by atoms with van der Waals surface area (Å²) in [6.45, 7) is 0. The third-order valence-electron chi connectivity index (χ3n) is 5.89. The molecule has 1 N–H and O–H groups in total. The lowest BCUT2D eigenvalue weighted by molar-refractivity contribution is -0.137. The van der Waals surface area contributed by atoms with Gasteiger partial charge in [-0.05, 0) is 54.7 Å². The Morgan fingerprint density at radius 2 is 1.75 bits per heavy atom. The van der Waals surface area contributed by atoms with Crippen molar-refractivity contribution in [3.8, 4) is 11.3 Å². The molecule has 4 aromatic rings. The van der Waals surface area contributed by atoms with E-state index in [9.17, 15) is 13.2 Å². The fraction of sp³-hybridized carbons (Fsp3) is 0.304. The fourth-order valence-electron chi connectivity index (χ4n) is 4.27. The second-order valence-electron chi connectivity index (χ2n) is 8.02. The van der Waals surface area contributed by atoms with E-state index in [1.165, 1.54) is 66.7 Å². The summed E-state index contributed by atoms with van der Waals surface area (Å²) in [7, 11) is 0. The molecule has 9 heteroatoms. The minimum atomic E-state index is -4.51. The summed E-state index contributed by atoms with van der Waals surface area (Å²) in [5.41, 5.74) is 1.73. The quantitative estimate of drug-likeness (QED) is 0.423. The molecule has 0 amide bonds. The van der Waals surface area contributed by atoms with Crippen LogP contribution in [-0.4, -0.2) is 24.8 Å². The van der Waals surface area contributed by atoms with Crippen molar-refractivity contribution in [1.29, 1.82) is 0 Å². The predicted molar refractivity (Wildman–Crippen MR) is 115 cm³/mol. The molecular weight excluding hydrogens is 417 g/mol. The first-order valence-corrected chi connectivity index (χ1v) is 10.6. The number of rotatable bonds is 4. The number of hydrogen-bond donors (Lipinski definition) is 1. The SMILES string of the molecule is FC(F)(F)c1cccnc1-c1cnn2c(Nc3ccc(C4CCCCC4)cc3)nnc2c1. The number of halogens is 3. The first kappa shape index (κ1) is 20.4. The molecule has 3 aromatic heterocycles. The number of anilines is 2. The third-order valence-corrected chi connectivity index (χ3v) is 5.89. The molecule has 1 aliphatic carbocycles. The van der Waals surface area contributed by atoms with Gasteiger partial charge in [0.2, 0.25) is 5.95 Å². The zero-order chi connectivity index (χ0) is 22.1. The Bertz CT molecular complexity index is 1230. The van der Waals surface area contributed by atoms with E-state index in [2.05, 4.69) is 37.7 Å². The van der Waals surface area contributed by atoms with Crippen LogP contribution in [0.1, 0.15) is 49.1 Å². The fourth-order valence-corrected chi connectivity index (χ4v) is 4.27. The van der Waals surface area contributed by atoms with Gasteiger partial charge in [-0.3, -0.25) is 4.98 Å². The van der Waals surface area contributed by atoms with Crippen molar-refractivity contribution in [1.82, 2.24) is 24.8 Å². The molecule has 0 radical (unpaired) electrons. The molecule has 0 saturated heterocycles. The number of aromatic nitrogens is 5. The average molecular weight is 438 g/mol. The van der Waals surface area contributed by atoms with Crippen LogP contribution in [0.4, 0.5) is 24.8 Å². The maximum atomic E-state index is 13.3. The summed E-state index contributed by atoms with van der Waals surface area (Å²) >= 11 is 0. The second-order valence-corrected chi connectivity index (χ2v) is 8.02. The summed E-state index contributed by atoms with van der Waals surface area (Å²) in [6.07, 6.45) is 4.51. The van der Waals surface area contributed by atoms with Gasteiger partial charge in [-0.15, -0.1) is 10.2 Å². The van der Waals surface area contributed by atoms with Crippen molar-refractivity contribution in [3.05, 3.63) is 66.0 Å². The summed E-state index contributed by atoms with van der Waals surface area (Å²) < 4.78 is 41.5. The molecule has 0 bridgehead atoms. The highest BCUT2D eigenvalue weighted by atomic mass is 19.4. The summed E-state index contributed by atoms with van der Waals surface area (Å²) in [5.74, 6) is 1.01. The lowest BCUT2D eigenvalue weighted by Gasteiger charge is -2.22. The van der Waals surface area contributed by atoms with Gasteiger partial charge >= 0.3 is 6.18 Å². The molecule has 1 aliphatic rings. The number of hydrogen-bond acceptors (Lipinski definition) is 5. The predicted octanol–water partition coefficient (Wildman–Crippen LogP) is 6.00. The lowest BCUT2D eigenvalue weighted by atomic mass is 9.84. The van der Waals surface area contributed by atoms with Gasteiger partial charge in [0.05, 0.1) is 17.5 Å². The van der Waals surface area contributed by atoms with Crippen molar-refractivity contribution < 1.29 is 13.2 Å². The van der Waals surface area contributed by atoms with E-state index in [1.54, 1.807) is 0 Å². The maximum Gasteiger partial charge on any atom is 0.418 e. The first-order valence-electron chi connectivity index (χ1n) is 10.6. The van der Waals surface area contributed by atoms with Crippen LogP contribution in [0.25, 0.3) is 16.9 Å². The number of alkyl halides is 3. The lowest BCUT2D eigenvalue weighted by Crippen LogP contribution is -2.08. The summed E-state index contributed by atoms with van der Waals surface area (Å²) in [6, 6.07) is 12.0. The van der Waals surface area contributed by atoms with Gasteiger partial charge in [0.25, 0.3) is 0 Å². The molecule has 0 spiro atoms. The standard InChI is InChI=1S/C23H21F3N6/c24-23(25,26)19-7-4-12-27-21(19)17-13-20-30-31-22(32(20)28-14-17)29-18-10-8-16(9-11-18)15-5-2-1-3-6-15/h4,7-15H,1-3,5-6H2,(H,29,31). The molecule has 0 aliphatic heterocycles. The third kappa shape index (κ3) is 4.02. The summed E-state index contributed by atoms with van der Waals surface area (Å²) in [5, 5.41) is 15.6. The van der Waals surface area contributed by atoms with Gasteiger partial charge in [0.15, 0.2) is 5.65 Å².